The Morgan fingerprint density at radius 3 is 2.00 bits per heavy atom. The highest BCUT2D eigenvalue weighted by atomic mass is 16.3. The molecule has 0 radical (unpaired) electrons. The van der Waals surface area contributed by atoms with Crippen molar-refractivity contribution in [3.8, 4) is 0 Å². The minimum absolute atomic E-state index is 0.0926. The summed E-state index contributed by atoms with van der Waals surface area (Å²) in [7, 11) is 0. The topological polar surface area (TPSA) is 37.3 Å². The number of carbonyl (C=O) groups is 1. The quantitative estimate of drug-likeness (QED) is 0.580. The van der Waals surface area contributed by atoms with Crippen molar-refractivity contribution in [2.45, 2.75) is 27.7 Å². The van der Waals surface area contributed by atoms with Crippen LogP contribution in [0.2, 0.25) is 0 Å². The Morgan fingerprint density at radius 2 is 1.82 bits per heavy atom. The molecule has 0 aliphatic heterocycles. The molecule has 2 nitrogen and oxygen atoms in total. The van der Waals surface area contributed by atoms with E-state index in [1.807, 2.05) is 20.8 Å². The molecule has 1 rings (SSSR count). The fourth-order valence-electron chi connectivity index (χ4n) is 1.41. The Balaban J connectivity index is 2.92. The number of hydrogen-bond donors (Lipinski definition) is 1. The molecule has 0 aromatic heterocycles. The summed E-state index contributed by atoms with van der Waals surface area (Å²) in [6, 6.07) is 0. The molecule has 0 aromatic rings. The summed E-state index contributed by atoms with van der Waals surface area (Å²) in [5, 5.41) is 9.34. The summed E-state index contributed by atoms with van der Waals surface area (Å²) in [4.78, 5) is 11.2. The van der Waals surface area contributed by atoms with Crippen molar-refractivity contribution in [1.29, 1.82) is 0 Å². The van der Waals surface area contributed by atoms with Gasteiger partial charge in [0.15, 0.2) is 5.78 Å². The van der Waals surface area contributed by atoms with Gasteiger partial charge in [0.05, 0.1) is 5.92 Å². The van der Waals surface area contributed by atoms with Gasteiger partial charge < -0.3 is 5.11 Å². The number of ketones is 1. The summed E-state index contributed by atoms with van der Waals surface area (Å²) < 4.78 is 0. The minimum atomic E-state index is -0.262. The van der Waals surface area contributed by atoms with E-state index in [0.29, 0.717) is 5.57 Å². The highest BCUT2D eigenvalue weighted by Crippen LogP contribution is 2.41. The second-order valence-corrected chi connectivity index (χ2v) is 4.17. The van der Waals surface area contributed by atoms with Crippen LogP contribution in [-0.2, 0) is 4.79 Å². The fourth-order valence-corrected chi connectivity index (χ4v) is 1.41. The lowest BCUT2D eigenvalue weighted by atomic mass is 9.68. The van der Waals surface area contributed by atoms with Crippen LogP contribution < -0.4 is 0 Å². The lowest BCUT2D eigenvalue weighted by Gasteiger charge is -2.36. The van der Waals surface area contributed by atoms with Crippen molar-refractivity contribution >= 4 is 5.78 Å². The van der Waals surface area contributed by atoms with Gasteiger partial charge in [-0.2, -0.15) is 0 Å². The average molecular weight is 154 g/mol. The Kier molecular flexibility index (Phi) is 1.58. The number of allylic oxidation sites excluding steroid dienone is 2. The van der Waals surface area contributed by atoms with E-state index < -0.39 is 0 Å². The molecule has 0 aromatic carbocycles. The third-order valence-corrected chi connectivity index (χ3v) is 2.16. The monoisotopic (exact) mass is 154 g/mol. The van der Waals surface area contributed by atoms with Crippen LogP contribution in [-0.4, -0.2) is 10.9 Å². The fraction of sp³-hybridized carbons (Fsp3) is 0.667. The molecule has 1 N–H and O–H groups in total. The van der Waals surface area contributed by atoms with Gasteiger partial charge in [0, 0.05) is 5.57 Å². The SMILES string of the molecule is CC1=C(O)C(C(C)(C)C)C1=O. The van der Waals surface area contributed by atoms with Crippen LogP contribution in [0, 0.1) is 11.3 Å². The second-order valence-electron chi connectivity index (χ2n) is 4.17. The summed E-state index contributed by atoms with van der Waals surface area (Å²) in [6.45, 7) is 7.54. The van der Waals surface area contributed by atoms with Crippen molar-refractivity contribution in [1.82, 2.24) is 0 Å². The molecule has 2 heteroatoms. The molecular weight excluding hydrogens is 140 g/mol. The summed E-state index contributed by atoms with van der Waals surface area (Å²) in [5.41, 5.74) is 0.394. The van der Waals surface area contributed by atoms with E-state index in [0.717, 1.165) is 0 Å². The maximum atomic E-state index is 11.2. The standard InChI is InChI=1S/C9H14O2/c1-5-7(10)6(8(5)11)9(2,3)4/h6,10H,1-4H3. The molecule has 1 aliphatic carbocycles. The minimum Gasteiger partial charge on any atom is -0.511 e. The van der Waals surface area contributed by atoms with Gasteiger partial charge >= 0.3 is 0 Å². The van der Waals surface area contributed by atoms with Crippen LogP contribution in [0.3, 0.4) is 0 Å². The Bertz CT molecular complexity index is 230. The van der Waals surface area contributed by atoms with Gasteiger partial charge in [-0.05, 0) is 12.3 Å². The van der Waals surface area contributed by atoms with Crippen LogP contribution in [0.25, 0.3) is 0 Å². The number of hydrogen-bond acceptors (Lipinski definition) is 2. The van der Waals surface area contributed by atoms with Gasteiger partial charge in [-0.3, -0.25) is 4.79 Å². The van der Waals surface area contributed by atoms with Gasteiger partial charge in [0.1, 0.15) is 5.76 Å². The van der Waals surface area contributed by atoms with Crippen LogP contribution in [0.15, 0.2) is 11.3 Å². The van der Waals surface area contributed by atoms with E-state index in [1.165, 1.54) is 0 Å². The van der Waals surface area contributed by atoms with Gasteiger partial charge in [-0.25, -0.2) is 0 Å². The van der Waals surface area contributed by atoms with E-state index in [-0.39, 0.29) is 22.9 Å². The Hall–Kier alpha value is -0.790. The van der Waals surface area contributed by atoms with Crippen molar-refractivity contribution in [3.63, 3.8) is 0 Å². The normalized spacial score (nSPS) is 25.5. The first-order chi connectivity index (χ1) is 4.85. The zero-order valence-corrected chi connectivity index (χ0v) is 7.43. The second kappa shape index (κ2) is 2.10. The maximum absolute atomic E-state index is 11.2. The molecule has 11 heavy (non-hydrogen) atoms. The van der Waals surface area contributed by atoms with Crippen LogP contribution in [0.1, 0.15) is 27.7 Å². The molecule has 1 atom stereocenters. The van der Waals surface area contributed by atoms with Crippen LogP contribution in [0.5, 0.6) is 0 Å². The van der Waals surface area contributed by atoms with E-state index in [2.05, 4.69) is 0 Å². The molecule has 0 bridgehead atoms. The predicted molar refractivity (Wildman–Crippen MR) is 43.3 cm³/mol. The van der Waals surface area contributed by atoms with Crippen molar-refractivity contribution < 1.29 is 9.90 Å². The first-order valence-corrected chi connectivity index (χ1v) is 3.79. The third-order valence-electron chi connectivity index (χ3n) is 2.16. The molecular formula is C9H14O2. The van der Waals surface area contributed by atoms with Crippen LogP contribution in [0.4, 0.5) is 0 Å². The van der Waals surface area contributed by atoms with Gasteiger partial charge in [-0.15, -0.1) is 0 Å². The average Bonchev–Trinajstić information content (AvgIpc) is 1.85. The molecule has 0 heterocycles. The van der Waals surface area contributed by atoms with E-state index >= 15 is 0 Å². The lowest BCUT2D eigenvalue weighted by molar-refractivity contribution is -0.125. The van der Waals surface area contributed by atoms with Gasteiger partial charge in [0.25, 0.3) is 0 Å². The van der Waals surface area contributed by atoms with Crippen molar-refractivity contribution in [2.24, 2.45) is 11.3 Å². The zero-order chi connectivity index (χ0) is 8.81. The maximum Gasteiger partial charge on any atom is 0.173 e. The zero-order valence-electron chi connectivity index (χ0n) is 7.43. The smallest absolute Gasteiger partial charge is 0.173 e. The largest absolute Gasteiger partial charge is 0.511 e. The van der Waals surface area contributed by atoms with Gasteiger partial charge in [-0.1, -0.05) is 20.8 Å². The van der Waals surface area contributed by atoms with E-state index in [4.69, 9.17) is 0 Å². The highest BCUT2D eigenvalue weighted by molar-refractivity contribution is 6.05. The first-order valence-electron chi connectivity index (χ1n) is 3.79. The third kappa shape index (κ3) is 1.06. The molecule has 0 amide bonds. The Labute approximate surface area is 66.9 Å². The molecule has 1 aliphatic rings. The molecule has 0 saturated heterocycles. The van der Waals surface area contributed by atoms with Crippen LogP contribution >= 0.6 is 0 Å². The molecule has 1 unspecified atom stereocenters. The predicted octanol–water partition coefficient (Wildman–Crippen LogP) is 2.06. The summed E-state index contributed by atoms with van der Waals surface area (Å²) in [6.07, 6.45) is 0. The van der Waals surface area contributed by atoms with Gasteiger partial charge in [0.2, 0.25) is 0 Å². The first kappa shape index (κ1) is 8.31. The Morgan fingerprint density at radius 1 is 1.36 bits per heavy atom. The molecule has 0 fully saturated rings. The number of carbonyl (C=O) groups excluding carboxylic acids is 1. The molecule has 0 spiro atoms. The van der Waals surface area contributed by atoms with Crippen molar-refractivity contribution in [3.05, 3.63) is 11.3 Å². The number of rotatable bonds is 0. The molecule has 0 saturated carbocycles. The number of aliphatic hydroxyl groups excluding tert-OH is 1. The van der Waals surface area contributed by atoms with E-state index in [9.17, 15) is 9.90 Å². The number of aliphatic hydroxyl groups is 1. The summed E-state index contributed by atoms with van der Waals surface area (Å²) in [5.74, 6) is 0.111. The summed E-state index contributed by atoms with van der Waals surface area (Å²) >= 11 is 0. The van der Waals surface area contributed by atoms with Crippen molar-refractivity contribution in [2.75, 3.05) is 0 Å². The molecule has 62 valence electrons. The van der Waals surface area contributed by atoms with E-state index in [1.54, 1.807) is 6.92 Å². The number of Topliss-reactive ketones (excluding diaryl/α,β-unsaturated/α-hetero) is 1. The lowest BCUT2D eigenvalue weighted by Crippen LogP contribution is -2.39. The highest BCUT2D eigenvalue weighted by Gasteiger charge is 2.44.